The van der Waals surface area contributed by atoms with Gasteiger partial charge in [-0.3, -0.25) is 4.90 Å². The average Bonchev–Trinajstić information content (AvgIpc) is 3.08. The molecule has 2 amide bonds. The second kappa shape index (κ2) is 8.52. The summed E-state index contributed by atoms with van der Waals surface area (Å²) in [5.74, 6) is 0.964. The molecule has 3 fully saturated rings. The molecule has 1 aromatic carbocycles. The summed E-state index contributed by atoms with van der Waals surface area (Å²) in [4.78, 5) is 19.2. The Bertz CT molecular complexity index is 730. The van der Waals surface area contributed by atoms with Gasteiger partial charge < -0.3 is 19.3 Å². The predicted octanol–water partition coefficient (Wildman–Crippen LogP) is 2.54. The van der Waals surface area contributed by atoms with Gasteiger partial charge in [-0.2, -0.15) is 0 Å². The molecule has 0 unspecified atom stereocenters. The van der Waals surface area contributed by atoms with Gasteiger partial charge in [0.15, 0.2) is 0 Å². The Hall–Kier alpha value is -1.79. The number of likely N-dealkylation sites (tertiary alicyclic amines) is 1. The third kappa shape index (κ3) is 4.24. The molecule has 4 aliphatic rings. The van der Waals surface area contributed by atoms with Gasteiger partial charge in [0.2, 0.25) is 0 Å². The van der Waals surface area contributed by atoms with Crippen LogP contribution < -0.4 is 4.74 Å². The van der Waals surface area contributed by atoms with E-state index >= 15 is 0 Å². The first-order chi connectivity index (χ1) is 14.3. The number of benzene rings is 1. The number of hydrogen-bond donors (Lipinski definition) is 0. The molecule has 158 valence electrons. The molecule has 0 spiro atoms. The van der Waals surface area contributed by atoms with E-state index in [1.165, 1.54) is 43.5 Å². The molecular formula is C23H33N3O3. The molecule has 3 aliphatic heterocycles. The van der Waals surface area contributed by atoms with Gasteiger partial charge in [-0.25, -0.2) is 4.79 Å². The van der Waals surface area contributed by atoms with Gasteiger partial charge in [-0.1, -0.05) is 12.5 Å². The van der Waals surface area contributed by atoms with Crippen LogP contribution >= 0.6 is 0 Å². The standard InChI is InChI=1S/C23H33N3O3/c27-23(25-12-14-28-15-13-25)26-11-8-22(17-26)29-21-5-4-18-6-9-24(20-2-1-3-20)10-7-19(18)16-21/h4-5,16,20,22H,1-3,6-15,17H2/t22-/m1/s1. The lowest BCUT2D eigenvalue weighted by Gasteiger charge is -2.36. The molecule has 0 N–H and O–H groups in total. The number of rotatable bonds is 3. The first-order valence-corrected chi connectivity index (χ1v) is 11.4. The molecule has 29 heavy (non-hydrogen) atoms. The summed E-state index contributed by atoms with van der Waals surface area (Å²) in [5, 5.41) is 0. The van der Waals surface area contributed by atoms with Crippen molar-refractivity contribution in [1.29, 1.82) is 0 Å². The fourth-order valence-electron chi connectivity index (χ4n) is 5.05. The van der Waals surface area contributed by atoms with Crippen molar-refractivity contribution in [1.82, 2.24) is 14.7 Å². The first kappa shape index (κ1) is 19.2. The number of hydrogen-bond acceptors (Lipinski definition) is 4. The van der Waals surface area contributed by atoms with Crippen molar-refractivity contribution >= 4 is 6.03 Å². The monoisotopic (exact) mass is 399 g/mol. The normalized spacial score (nSPS) is 26.0. The maximum absolute atomic E-state index is 12.7. The van der Waals surface area contributed by atoms with Crippen LogP contribution in [-0.2, 0) is 17.6 Å². The van der Waals surface area contributed by atoms with E-state index in [1.807, 2.05) is 9.80 Å². The highest BCUT2D eigenvalue weighted by Gasteiger charge is 2.31. The van der Waals surface area contributed by atoms with Crippen LogP contribution in [0.15, 0.2) is 18.2 Å². The number of amides is 2. The Labute approximate surface area is 173 Å². The zero-order valence-electron chi connectivity index (χ0n) is 17.4. The van der Waals surface area contributed by atoms with E-state index in [0.29, 0.717) is 32.8 Å². The summed E-state index contributed by atoms with van der Waals surface area (Å²) in [7, 11) is 0. The third-order valence-electron chi connectivity index (χ3n) is 7.11. The average molecular weight is 400 g/mol. The van der Waals surface area contributed by atoms with Crippen molar-refractivity contribution in [3.63, 3.8) is 0 Å². The number of nitrogens with zero attached hydrogens (tertiary/aromatic N) is 3. The molecule has 5 rings (SSSR count). The zero-order valence-corrected chi connectivity index (χ0v) is 17.4. The predicted molar refractivity (Wildman–Crippen MR) is 111 cm³/mol. The number of carbonyl (C=O) groups excluding carboxylic acids is 1. The minimum absolute atomic E-state index is 0.0929. The molecule has 1 aliphatic carbocycles. The Kier molecular flexibility index (Phi) is 5.64. The van der Waals surface area contributed by atoms with Crippen molar-refractivity contribution < 1.29 is 14.3 Å². The summed E-state index contributed by atoms with van der Waals surface area (Å²) in [6.07, 6.45) is 7.43. The van der Waals surface area contributed by atoms with Crippen molar-refractivity contribution in [2.24, 2.45) is 0 Å². The fraction of sp³-hybridized carbons (Fsp3) is 0.696. The summed E-state index contributed by atoms with van der Waals surface area (Å²) >= 11 is 0. The lowest BCUT2D eigenvalue weighted by molar-refractivity contribution is 0.0443. The van der Waals surface area contributed by atoms with Crippen molar-refractivity contribution in [3.8, 4) is 5.75 Å². The molecule has 1 aromatic rings. The zero-order chi connectivity index (χ0) is 19.6. The maximum atomic E-state index is 12.7. The highest BCUT2D eigenvalue weighted by molar-refractivity contribution is 5.75. The van der Waals surface area contributed by atoms with Gasteiger partial charge in [0.05, 0.1) is 19.8 Å². The van der Waals surface area contributed by atoms with Gasteiger partial charge in [0.1, 0.15) is 11.9 Å². The largest absolute Gasteiger partial charge is 0.489 e. The van der Waals surface area contributed by atoms with Gasteiger partial charge >= 0.3 is 6.03 Å². The number of urea groups is 1. The molecule has 0 radical (unpaired) electrons. The fourth-order valence-corrected chi connectivity index (χ4v) is 5.05. The molecule has 2 saturated heterocycles. The van der Waals surface area contributed by atoms with Gasteiger partial charge in [0.25, 0.3) is 0 Å². The van der Waals surface area contributed by atoms with Crippen LogP contribution in [0.3, 0.4) is 0 Å². The van der Waals surface area contributed by atoms with E-state index in [1.54, 1.807) is 0 Å². The number of morpholine rings is 1. The van der Waals surface area contributed by atoms with Crippen molar-refractivity contribution in [3.05, 3.63) is 29.3 Å². The molecule has 0 bridgehead atoms. The minimum atomic E-state index is 0.0929. The maximum Gasteiger partial charge on any atom is 0.320 e. The van der Waals surface area contributed by atoms with E-state index in [9.17, 15) is 4.79 Å². The van der Waals surface area contributed by atoms with Crippen LogP contribution in [0, 0.1) is 0 Å². The lowest BCUT2D eigenvalue weighted by atomic mass is 9.91. The second-order valence-corrected chi connectivity index (χ2v) is 8.91. The van der Waals surface area contributed by atoms with E-state index < -0.39 is 0 Å². The summed E-state index contributed by atoms with van der Waals surface area (Å²) < 4.78 is 11.7. The van der Waals surface area contributed by atoms with Crippen LogP contribution in [0.4, 0.5) is 4.79 Å². The van der Waals surface area contributed by atoms with Gasteiger partial charge in [0, 0.05) is 45.2 Å². The second-order valence-electron chi connectivity index (χ2n) is 8.91. The lowest BCUT2D eigenvalue weighted by Crippen LogP contribution is -2.47. The molecule has 6 nitrogen and oxygen atoms in total. The number of carbonyl (C=O) groups is 1. The van der Waals surface area contributed by atoms with E-state index in [4.69, 9.17) is 9.47 Å². The number of fused-ring (bicyclic) bond motifs is 1. The van der Waals surface area contributed by atoms with Gasteiger partial charge in [-0.05, 0) is 48.9 Å². The molecule has 3 heterocycles. The highest BCUT2D eigenvalue weighted by Crippen LogP contribution is 2.29. The minimum Gasteiger partial charge on any atom is -0.489 e. The van der Waals surface area contributed by atoms with Crippen LogP contribution in [0.5, 0.6) is 5.75 Å². The Balaban J connectivity index is 1.17. The van der Waals surface area contributed by atoms with Gasteiger partial charge in [-0.15, -0.1) is 0 Å². The van der Waals surface area contributed by atoms with Crippen LogP contribution in [-0.4, -0.2) is 85.4 Å². The SMILES string of the molecule is O=C(N1CCOCC1)N1CC[C@@H](Oc2ccc3c(c2)CCN(C2CCC2)CC3)C1. The quantitative estimate of drug-likeness (QED) is 0.784. The first-order valence-electron chi connectivity index (χ1n) is 11.4. The smallest absolute Gasteiger partial charge is 0.320 e. The Morgan fingerprint density at radius 2 is 1.72 bits per heavy atom. The van der Waals surface area contributed by atoms with Crippen molar-refractivity contribution in [2.45, 2.75) is 50.7 Å². The van der Waals surface area contributed by atoms with E-state index in [-0.39, 0.29) is 12.1 Å². The van der Waals surface area contributed by atoms with Crippen LogP contribution in [0.1, 0.15) is 36.8 Å². The van der Waals surface area contributed by atoms with E-state index in [2.05, 4.69) is 23.1 Å². The summed E-state index contributed by atoms with van der Waals surface area (Å²) in [6, 6.07) is 7.61. The highest BCUT2D eigenvalue weighted by atomic mass is 16.5. The Morgan fingerprint density at radius 3 is 2.48 bits per heavy atom. The summed E-state index contributed by atoms with van der Waals surface area (Å²) in [5.41, 5.74) is 2.93. The topological polar surface area (TPSA) is 45.3 Å². The Morgan fingerprint density at radius 1 is 0.931 bits per heavy atom. The molecule has 1 atom stereocenters. The van der Waals surface area contributed by atoms with Crippen LogP contribution in [0.2, 0.25) is 0 Å². The van der Waals surface area contributed by atoms with Crippen molar-refractivity contribution in [2.75, 3.05) is 52.5 Å². The summed E-state index contributed by atoms with van der Waals surface area (Å²) in [6.45, 7) is 6.52. The molecule has 1 saturated carbocycles. The number of ether oxygens (including phenoxy) is 2. The van der Waals surface area contributed by atoms with Crippen LogP contribution in [0.25, 0.3) is 0 Å². The van der Waals surface area contributed by atoms with E-state index in [0.717, 1.165) is 37.6 Å². The molecular weight excluding hydrogens is 366 g/mol. The molecule has 0 aromatic heterocycles. The molecule has 6 heteroatoms. The third-order valence-corrected chi connectivity index (χ3v) is 7.11.